The van der Waals surface area contributed by atoms with Crippen molar-refractivity contribution < 1.29 is 22.7 Å². The molecule has 7 nitrogen and oxygen atoms in total. The van der Waals surface area contributed by atoms with Gasteiger partial charge in [-0.3, -0.25) is 9.52 Å². The summed E-state index contributed by atoms with van der Waals surface area (Å²) in [6.45, 7) is 0.346. The maximum atomic E-state index is 12.9. The molecule has 162 valence electrons. The maximum Gasteiger partial charge on any atom is 0.261 e. The number of sulfonamides is 1. The van der Waals surface area contributed by atoms with Crippen LogP contribution in [0.3, 0.4) is 0 Å². The quantitative estimate of drug-likeness (QED) is 0.576. The van der Waals surface area contributed by atoms with Gasteiger partial charge in [0, 0.05) is 24.8 Å². The lowest BCUT2D eigenvalue weighted by molar-refractivity contribution is 0.0785. The monoisotopic (exact) mass is 440 g/mol. The van der Waals surface area contributed by atoms with Gasteiger partial charge in [0.25, 0.3) is 15.9 Å². The Bertz CT molecular complexity index is 1160. The summed E-state index contributed by atoms with van der Waals surface area (Å²) in [7, 11) is 1.06. The van der Waals surface area contributed by atoms with Crippen molar-refractivity contribution >= 4 is 21.6 Å². The highest BCUT2D eigenvalue weighted by molar-refractivity contribution is 7.92. The summed E-state index contributed by atoms with van der Waals surface area (Å²) in [5.74, 6) is 0.951. The third-order valence-corrected chi connectivity index (χ3v) is 6.03. The summed E-state index contributed by atoms with van der Waals surface area (Å²) in [5, 5.41) is 0. The smallest absolute Gasteiger partial charge is 0.261 e. The highest BCUT2D eigenvalue weighted by atomic mass is 32.2. The van der Waals surface area contributed by atoms with E-state index < -0.39 is 10.0 Å². The van der Waals surface area contributed by atoms with Gasteiger partial charge in [0.05, 0.1) is 19.1 Å². The van der Waals surface area contributed by atoms with Gasteiger partial charge in [-0.15, -0.1) is 0 Å². The van der Waals surface area contributed by atoms with Crippen LogP contribution in [0.15, 0.2) is 77.7 Å². The van der Waals surface area contributed by atoms with Crippen LogP contribution in [0, 0.1) is 0 Å². The van der Waals surface area contributed by atoms with Gasteiger partial charge < -0.3 is 14.4 Å². The second-order valence-electron chi connectivity index (χ2n) is 6.85. The standard InChI is InChI=1S/C23H24N2O5S/c1-25(16-17-12-13-21(29-2)22(14-17)30-3)23(26)18-8-7-9-19(15-18)24-31(27,28)20-10-5-4-6-11-20/h4-15,24H,16H2,1-3H3. The van der Waals surface area contributed by atoms with Gasteiger partial charge >= 0.3 is 0 Å². The first-order valence-electron chi connectivity index (χ1n) is 9.48. The number of ether oxygens (including phenoxy) is 2. The first kappa shape index (κ1) is 22.2. The summed E-state index contributed by atoms with van der Waals surface area (Å²) >= 11 is 0. The van der Waals surface area contributed by atoms with Crippen LogP contribution < -0.4 is 14.2 Å². The predicted octanol–water partition coefficient (Wildman–Crippen LogP) is 3.78. The predicted molar refractivity (Wildman–Crippen MR) is 119 cm³/mol. The minimum atomic E-state index is -3.74. The lowest BCUT2D eigenvalue weighted by atomic mass is 10.1. The van der Waals surface area contributed by atoms with Crippen LogP contribution in [0.25, 0.3) is 0 Å². The number of rotatable bonds is 8. The van der Waals surface area contributed by atoms with Crippen molar-refractivity contribution in [2.24, 2.45) is 0 Å². The van der Waals surface area contributed by atoms with Crippen molar-refractivity contribution in [3.8, 4) is 11.5 Å². The molecular formula is C23H24N2O5S. The molecule has 31 heavy (non-hydrogen) atoms. The summed E-state index contributed by atoms with van der Waals surface area (Å²) in [5.41, 5.74) is 1.56. The van der Waals surface area contributed by atoms with Crippen LogP contribution in [0.5, 0.6) is 11.5 Å². The molecule has 0 aliphatic carbocycles. The SMILES string of the molecule is COc1ccc(CN(C)C(=O)c2cccc(NS(=O)(=O)c3ccccc3)c2)cc1OC. The Morgan fingerprint density at radius 2 is 1.61 bits per heavy atom. The van der Waals surface area contributed by atoms with E-state index in [4.69, 9.17) is 9.47 Å². The molecule has 1 N–H and O–H groups in total. The van der Waals surface area contributed by atoms with Crippen LogP contribution in [0.2, 0.25) is 0 Å². The largest absolute Gasteiger partial charge is 0.493 e. The van der Waals surface area contributed by atoms with Crippen molar-refractivity contribution in [3.05, 3.63) is 83.9 Å². The molecule has 0 spiro atoms. The first-order valence-corrected chi connectivity index (χ1v) is 11.0. The Kier molecular flexibility index (Phi) is 6.81. The van der Waals surface area contributed by atoms with E-state index in [1.54, 1.807) is 68.6 Å². The van der Waals surface area contributed by atoms with Crippen molar-refractivity contribution in [2.45, 2.75) is 11.4 Å². The van der Waals surface area contributed by atoms with E-state index in [1.807, 2.05) is 12.1 Å². The van der Waals surface area contributed by atoms with Crippen molar-refractivity contribution in [2.75, 3.05) is 26.0 Å². The fraction of sp³-hybridized carbons (Fsp3) is 0.174. The van der Waals surface area contributed by atoms with Gasteiger partial charge in [-0.1, -0.05) is 30.3 Å². The first-order chi connectivity index (χ1) is 14.8. The number of benzene rings is 3. The highest BCUT2D eigenvalue weighted by Crippen LogP contribution is 2.28. The summed E-state index contributed by atoms with van der Waals surface area (Å²) in [6, 6.07) is 19.9. The Morgan fingerprint density at radius 3 is 2.29 bits per heavy atom. The lowest BCUT2D eigenvalue weighted by Gasteiger charge is -2.19. The molecule has 0 radical (unpaired) electrons. The molecule has 1 amide bonds. The van der Waals surface area contributed by atoms with Crippen LogP contribution in [0.4, 0.5) is 5.69 Å². The number of anilines is 1. The zero-order valence-corrected chi connectivity index (χ0v) is 18.3. The molecule has 0 aromatic heterocycles. The molecule has 0 atom stereocenters. The third kappa shape index (κ3) is 5.35. The van der Waals surface area contributed by atoms with Crippen LogP contribution in [-0.2, 0) is 16.6 Å². The Labute approximate surface area is 182 Å². The van der Waals surface area contributed by atoms with E-state index in [1.165, 1.54) is 18.2 Å². The van der Waals surface area contributed by atoms with Gasteiger partial charge in [-0.25, -0.2) is 8.42 Å². The topological polar surface area (TPSA) is 84.9 Å². The minimum absolute atomic E-state index is 0.150. The number of nitrogens with one attached hydrogen (secondary N) is 1. The van der Waals surface area contributed by atoms with Crippen LogP contribution >= 0.6 is 0 Å². The Hall–Kier alpha value is -3.52. The Morgan fingerprint density at radius 1 is 0.903 bits per heavy atom. The highest BCUT2D eigenvalue weighted by Gasteiger charge is 2.17. The fourth-order valence-corrected chi connectivity index (χ4v) is 4.15. The van der Waals surface area contributed by atoms with E-state index in [0.717, 1.165) is 5.56 Å². The average molecular weight is 441 g/mol. The molecule has 0 aliphatic heterocycles. The molecule has 0 fully saturated rings. The molecule has 3 aromatic rings. The van der Waals surface area contributed by atoms with Gasteiger partial charge in [-0.2, -0.15) is 0 Å². The number of carbonyl (C=O) groups is 1. The number of nitrogens with zero attached hydrogens (tertiary/aromatic N) is 1. The van der Waals surface area contributed by atoms with Gasteiger partial charge in [0.1, 0.15) is 0 Å². The maximum absolute atomic E-state index is 12.9. The molecule has 0 aliphatic rings. The van der Waals surface area contributed by atoms with Gasteiger partial charge in [0.2, 0.25) is 0 Å². The van der Waals surface area contributed by atoms with E-state index in [-0.39, 0.29) is 10.8 Å². The normalized spacial score (nSPS) is 10.9. The zero-order valence-electron chi connectivity index (χ0n) is 17.5. The summed E-state index contributed by atoms with van der Waals surface area (Å²) in [6.07, 6.45) is 0. The average Bonchev–Trinajstić information content (AvgIpc) is 2.79. The second-order valence-corrected chi connectivity index (χ2v) is 8.53. The molecule has 0 bridgehead atoms. The molecule has 8 heteroatoms. The summed E-state index contributed by atoms with van der Waals surface area (Å²) in [4.78, 5) is 14.6. The van der Waals surface area contributed by atoms with Crippen molar-refractivity contribution in [1.29, 1.82) is 0 Å². The van der Waals surface area contributed by atoms with Gasteiger partial charge in [0.15, 0.2) is 11.5 Å². The van der Waals surface area contributed by atoms with E-state index in [0.29, 0.717) is 29.3 Å². The second kappa shape index (κ2) is 9.53. The number of hydrogen-bond acceptors (Lipinski definition) is 5. The number of amides is 1. The summed E-state index contributed by atoms with van der Waals surface area (Å²) < 4.78 is 38.1. The van der Waals surface area contributed by atoms with Crippen molar-refractivity contribution in [3.63, 3.8) is 0 Å². The van der Waals surface area contributed by atoms with E-state index in [9.17, 15) is 13.2 Å². The van der Waals surface area contributed by atoms with E-state index >= 15 is 0 Å². The zero-order chi connectivity index (χ0) is 22.4. The molecule has 3 aromatic carbocycles. The molecule has 0 saturated heterocycles. The van der Waals surface area contributed by atoms with Gasteiger partial charge in [-0.05, 0) is 48.0 Å². The van der Waals surface area contributed by atoms with Crippen molar-refractivity contribution in [1.82, 2.24) is 4.90 Å². The number of methoxy groups -OCH3 is 2. The minimum Gasteiger partial charge on any atom is -0.493 e. The fourth-order valence-electron chi connectivity index (χ4n) is 3.07. The van der Waals surface area contributed by atoms with Crippen LogP contribution in [0.1, 0.15) is 15.9 Å². The third-order valence-electron chi connectivity index (χ3n) is 4.63. The molecule has 3 rings (SSSR count). The number of hydrogen-bond donors (Lipinski definition) is 1. The molecular weight excluding hydrogens is 416 g/mol. The molecule has 0 heterocycles. The van der Waals surface area contributed by atoms with E-state index in [2.05, 4.69) is 4.72 Å². The molecule has 0 saturated carbocycles. The lowest BCUT2D eigenvalue weighted by Crippen LogP contribution is -2.26. The Balaban J connectivity index is 1.75. The number of carbonyl (C=O) groups excluding carboxylic acids is 1. The molecule has 0 unspecified atom stereocenters. The van der Waals surface area contributed by atoms with Crippen LogP contribution in [-0.4, -0.2) is 40.5 Å².